The van der Waals surface area contributed by atoms with E-state index in [0.29, 0.717) is 24.8 Å². The molecule has 0 radical (unpaired) electrons. The molecule has 0 aliphatic carbocycles. The van der Waals surface area contributed by atoms with E-state index >= 15 is 0 Å². The summed E-state index contributed by atoms with van der Waals surface area (Å²) in [5.74, 6) is 1.08. The van der Waals surface area contributed by atoms with Crippen molar-refractivity contribution in [2.75, 3.05) is 13.2 Å². The first-order valence-corrected chi connectivity index (χ1v) is 6.04. The number of aromatic nitrogens is 2. The Kier molecular flexibility index (Phi) is 4.12. The maximum atomic E-state index is 5.52. The third-order valence-corrected chi connectivity index (χ3v) is 2.38. The standard InChI is InChI=1S/C14H16N2O2/c1-3-17-13-10-12(11-8-6-5-7-9-11)15-16-14(13)18-4-2/h5-10H,3-4H2,1-2H3. The summed E-state index contributed by atoms with van der Waals surface area (Å²) in [6, 6.07) is 11.7. The van der Waals surface area contributed by atoms with E-state index in [1.54, 1.807) is 0 Å². The van der Waals surface area contributed by atoms with Gasteiger partial charge in [-0.15, -0.1) is 10.2 Å². The maximum Gasteiger partial charge on any atom is 0.276 e. The number of nitrogens with zero attached hydrogens (tertiary/aromatic N) is 2. The minimum absolute atomic E-state index is 0.444. The quantitative estimate of drug-likeness (QED) is 0.811. The van der Waals surface area contributed by atoms with Crippen LogP contribution < -0.4 is 9.47 Å². The minimum Gasteiger partial charge on any atom is -0.488 e. The second-order valence-electron chi connectivity index (χ2n) is 3.63. The molecule has 0 bridgehead atoms. The van der Waals surface area contributed by atoms with Gasteiger partial charge in [0.1, 0.15) is 0 Å². The van der Waals surface area contributed by atoms with Gasteiger partial charge in [-0.2, -0.15) is 0 Å². The molecule has 4 nitrogen and oxygen atoms in total. The first-order valence-electron chi connectivity index (χ1n) is 6.04. The van der Waals surface area contributed by atoms with E-state index < -0.39 is 0 Å². The van der Waals surface area contributed by atoms with E-state index in [-0.39, 0.29) is 0 Å². The second-order valence-corrected chi connectivity index (χ2v) is 3.63. The summed E-state index contributed by atoms with van der Waals surface area (Å²) in [6.45, 7) is 4.94. The van der Waals surface area contributed by atoms with Crippen LogP contribution in [0.5, 0.6) is 11.6 Å². The SMILES string of the molecule is CCOc1cc(-c2ccccc2)nnc1OCC. The summed E-state index contributed by atoms with van der Waals surface area (Å²) in [5, 5.41) is 8.22. The molecule has 1 heterocycles. The Morgan fingerprint density at radius 1 is 0.944 bits per heavy atom. The lowest BCUT2D eigenvalue weighted by atomic mass is 10.1. The van der Waals surface area contributed by atoms with Gasteiger partial charge in [-0.25, -0.2) is 0 Å². The lowest BCUT2D eigenvalue weighted by Gasteiger charge is -2.10. The van der Waals surface area contributed by atoms with Gasteiger partial charge in [0.05, 0.1) is 18.9 Å². The van der Waals surface area contributed by atoms with Crippen LogP contribution in [0.3, 0.4) is 0 Å². The van der Waals surface area contributed by atoms with Gasteiger partial charge in [-0.3, -0.25) is 0 Å². The second kappa shape index (κ2) is 6.00. The highest BCUT2D eigenvalue weighted by atomic mass is 16.5. The molecule has 0 amide bonds. The molecule has 2 aromatic rings. The number of hydrogen-bond acceptors (Lipinski definition) is 4. The Labute approximate surface area is 107 Å². The van der Waals surface area contributed by atoms with Crippen molar-refractivity contribution >= 4 is 0 Å². The lowest BCUT2D eigenvalue weighted by molar-refractivity contribution is 0.275. The van der Waals surface area contributed by atoms with Crippen LogP contribution in [0.4, 0.5) is 0 Å². The van der Waals surface area contributed by atoms with Crippen molar-refractivity contribution in [3.8, 4) is 22.9 Å². The van der Waals surface area contributed by atoms with Crippen LogP contribution in [0.25, 0.3) is 11.3 Å². The van der Waals surface area contributed by atoms with Gasteiger partial charge in [-0.05, 0) is 13.8 Å². The fourth-order valence-electron chi connectivity index (χ4n) is 1.61. The molecule has 0 saturated carbocycles. The normalized spacial score (nSPS) is 10.1. The lowest BCUT2D eigenvalue weighted by Crippen LogP contribution is -2.02. The van der Waals surface area contributed by atoms with Crippen molar-refractivity contribution in [3.63, 3.8) is 0 Å². The van der Waals surface area contributed by atoms with Crippen molar-refractivity contribution in [1.82, 2.24) is 10.2 Å². The summed E-state index contributed by atoms with van der Waals surface area (Å²) in [5.41, 5.74) is 1.79. The molecule has 4 heteroatoms. The van der Waals surface area contributed by atoms with Gasteiger partial charge in [0.15, 0.2) is 5.75 Å². The van der Waals surface area contributed by atoms with E-state index in [0.717, 1.165) is 11.3 Å². The Balaban J connectivity index is 2.36. The van der Waals surface area contributed by atoms with E-state index in [2.05, 4.69) is 10.2 Å². The predicted molar refractivity (Wildman–Crippen MR) is 69.8 cm³/mol. The molecule has 0 aliphatic heterocycles. The van der Waals surface area contributed by atoms with Gasteiger partial charge in [0.25, 0.3) is 5.88 Å². The zero-order valence-electron chi connectivity index (χ0n) is 10.6. The molecular weight excluding hydrogens is 228 g/mol. The van der Waals surface area contributed by atoms with E-state index in [9.17, 15) is 0 Å². The first-order chi connectivity index (χ1) is 8.85. The highest BCUT2D eigenvalue weighted by molar-refractivity contribution is 5.60. The number of ether oxygens (including phenoxy) is 2. The van der Waals surface area contributed by atoms with Crippen molar-refractivity contribution in [2.24, 2.45) is 0 Å². The molecular formula is C14H16N2O2. The average molecular weight is 244 g/mol. The van der Waals surface area contributed by atoms with Gasteiger partial charge in [-0.1, -0.05) is 30.3 Å². The third-order valence-electron chi connectivity index (χ3n) is 2.38. The zero-order chi connectivity index (χ0) is 12.8. The molecule has 1 aromatic carbocycles. The number of hydrogen-bond donors (Lipinski definition) is 0. The van der Waals surface area contributed by atoms with Crippen LogP contribution in [-0.2, 0) is 0 Å². The summed E-state index contributed by atoms with van der Waals surface area (Å²) < 4.78 is 10.9. The maximum absolute atomic E-state index is 5.52. The summed E-state index contributed by atoms with van der Waals surface area (Å²) in [4.78, 5) is 0. The molecule has 2 rings (SSSR count). The van der Waals surface area contributed by atoms with Crippen LogP contribution in [-0.4, -0.2) is 23.4 Å². The van der Waals surface area contributed by atoms with E-state index in [1.807, 2.05) is 50.2 Å². The van der Waals surface area contributed by atoms with Gasteiger partial charge in [0, 0.05) is 11.6 Å². The molecule has 0 aliphatic rings. The molecule has 18 heavy (non-hydrogen) atoms. The molecule has 0 fully saturated rings. The van der Waals surface area contributed by atoms with Crippen LogP contribution in [0.2, 0.25) is 0 Å². The number of benzene rings is 1. The molecule has 0 N–H and O–H groups in total. The first kappa shape index (κ1) is 12.4. The van der Waals surface area contributed by atoms with Crippen LogP contribution in [0.1, 0.15) is 13.8 Å². The topological polar surface area (TPSA) is 44.2 Å². The van der Waals surface area contributed by atoms with Crippen molar-refractivity contribution in [1.29, 1.82) is 0 Å². The predicted octanol–water partition coefficient (Wildman–Crippen LogP) is 2.94. The largest absolute Gasteiger partial charge is 0.488 e. The molecule has 0 atom stereocenters. The van der Waals surface area contributed by atoms with E-state index in [1.165, 1.54) is 0 Å². The monoisotopic (exact) mass is 244 g/mol. The fraction of sp³-hybridized carbons (Fsp3) is 0.286. The minimum atomic E-state index is 0.444. The average Bonchev–Trinajstić information content (AvgIpc) is 2.42. The third kappa shape index (κ3) is 2.77. The molecule has 94 valence electrons. The zero-order valence-corrected chi connectivity index (χ0v) is 10.6. The fourth-order valence-corrected chi connectivity index (χ4v) is 1.61. The summed E-state index contributed by atoms with van der Waals surface area (Å²) >= 11 is 0. The Morgan fingerprint density at radius 3 is 2.33 bits per heavy atom. The van der Waals surface area contributed by atoms with Gasteiger partial charge >= 0.3 is 0 Å². The van der Waals surface area contributed by atoms with Gasteiger partial charge < -0.3 is 9.47 Å². The Hall–Kier alpha value is -2.10. The summed E-state index contributed by atoms with van der Waals surface area (Å²) in [7, 11) is 0. The summed E-state index contributed by atoms with van der Waals surface area (Å²) in [6.07, 6.45) is 0. The molecule has 0 spiro atoms. The molecule has 1 aromatic heterocycles. The van der Waals surface area contributed by atoms with Crippen LogP contribution in [0.15, 0.2) is 36.4 Å². The Bertz CT molecular complexity index is 500. The van der Waals surface area contributed by atoms with Crippen LogP contribution >= 0.6 is 0 Å². The molecule has 0 saturated heterocycles. The number of rotatable bonds is 5. The van der Waals surface area contributed by atoms with Crippen molar-refractivity contribution in [2.45, 2.75) is 13.8 Å². The van der Waals surface area contributed by atoms with Gasteiger partial charge in [0.2, 0.25) is 0 Å². The Morgan fingerprint density at radius 2 is 1.67 bits per heavy atom. The van der Waals surface area contributed by atoms with E-state index in [4.69, 9.17) is 9.47 Å². The smallest absolute Gasteiger partial charge is 0.276 e. The van der Waals surface area contributed by atoms with Crippen LogP contribution in [0, 0.1) is 0 Å². The van der Waals surface area contributed by atoms with Crippen molar-refractivity contribution in [3.05, 3.63) is 36.4 Å². The highest BCUT2D eigenvalue weighted by Crippen LogP contribution is 2.28. The highest BCUT2D eigenvalue weighted by Gasteiger charge is 2.10. The van der Waals surface area contributed by atoms with Crippen molar-refractivity contribution < 1.29 is 9.47 Å². The molecule has 0 unspecified atom stereocenters.